The van der Waals surface area contributed by atoms with E-state index in [1.165, 1.54) is 19.5 Å². The van der Waals surface area contributed by atoms with Crippen LogP contribution in [0.4, 0.5) is 15.7 Å². The first-order valence-corrected chi connectivity index (χ1v) is 15.7. The van der Waals surface area contributed by atoms with Crippen molar-refractivity contribution < 1.29 is 9.47 Å². The maximum Gasteiger partial charge on any atom is 0.262 e. The first kappa shape index (κ1) is 26.9. The molecule has 0 fully saturated rings. The highest BCUT2D eigenvalue weighted by Crippen LogP contribution is 2.55. The van der Waals surface area contributed by atoms with E-state index >= 15 is 0 Å². The lowest BCUT2D eigenvalue weighted by molar-refractivity contribution is 0.174. The second-order valence-electron chi connectivity index (χ2n) is 9.00. The summed E-state index contributed by atoms with van der Waals surface area (Å²) < 4.78 is 12.0. The highest BCUT2D eigenvalue weighted by Gasteiger charge is 2.27. The Hall–Kier alpha value is -4.26. The van der Waals surface area contributed by atoms with Crippen LogP contribution < -0.4 is 14.4 Å². The van der Waals surface area contributed by atoms with Crippen molar-refractivity contribution in [2.75, 3.05) is 32.2 Å². The molecule has 1 aliphatic heterocycles. The molecule has 0 amide bonds. The van der Waals surface area contributed by atoms with Gasteiger partial charge in [0.05, 0.1) is 23.2 Å². The zero-order valence-corrected chi connectivity index (χ0v) is 25.2. The van der Waals surface area contributed by atoms with Crippen molar-refractivity contribution in [2.24, 2.45) is 10.2 Å². The number of rotatable bonds is 7. The quantitative estimate of drug-likeness (QED) is 0.104. The molecule has 5 aromatic rings. The summed E-state index contributed by atoms with van der Waals surface area (Å²) in [5, 5.41) is 19.6. The molecular weight excluding hydrogens is 591 g/mol. The molecule has 0 atom stereocenters. The van der Waals surface area contributed by atoms with Gasteiger partial charge in [-0.15, -0.1) is 55.6 Å². The van der Waals surface area contributed by atoms with Gasteiger partial charge in [0.25, 0.3) is 5.70 Å². The monoisotopic (exact) mass is 611 g/mol. The van der Waals surface area contributed by atoms with Crippen LogP contribution in [0.2, 0.25) is 0 Å². The average Bonchev–Trinajstić information content (AvgIpc) is 3.80. The fourth-order valence-corrected chi connectivity index (χ4v) is 8.33. The SMILES string of the molecule is [C-]#[N+]/C(C#N)=C\c1ccc(N=Nc2ccc(-c3ccc(-c4ccc(-c5sc(N(C)C)c6c5OCCO6)s4)s3)s2)cc1. The summed E-state index contributed by atoms with van der Waals surface area (Å²) in [4.78, 5) is 12.3. The van der Waals surface area contributed by atoms with Crippen LogP contribution in [0.1, 0.15) is 5.56 Å². The molecule has 0 spiro atoms. The molecule has 7 nitrogen and oxygen atoms in total. The molecule has 0 bridgehead atoms. The number of anilines is 1. The van der Waals surface area contributed by atoms with Crippen molar-refractivity contribution in [2.45, 2.75) is 0 Å². The summed E-state index contributed by atoms with van der Waals surface area (Å²) in [6.07, 6.45) is 1.55. The molecule has 0 aliphatic carbocycles. The minimum Gasteiger partial charge on any atom is -0.484 e. The summed E-state index contributed by atoms with van der Waals surface area (Å²) >= 11 is 6.83. The first-order chi connectivity index (χ1) is 20.0. The van der Waals surface area contributed by atoms with Gasteiger partial charge in [-0.2, -0.15) is 0 Å². The molecule has 0 saturated heterocycles. The van der Waals surface area contributed by atoms with E-state index in [4.69, 9.17) is 21.3 Å². The molecule has 0 N–H and O–H groups in total. The van der Waals surface area contributed by atoms with Gasteiger partial charge in [0, 0.05) is 38.5 Å². The molecule has 0 saturated carbocycles. The molecule has 0 radical (unpaired) electrons. The lowest BCUT2D eigenvalue weighted by atomic mass is 10.2. The third-order valence-corrected chi connectivity index (χ3v) is 11.0. The van der Waals surface area contributed by atoms with E-state index in [2.05, 4.69) is 50.3 Å². The fraction of sp³-hybridized carbons (Fsp3) is 0.133. The van der Waals surface area contributed by atoms with Gasteiger partial charge in [0.2, 0.25) is 0 Å². The van der Waals surface area contributed by atoms with Crippen LogP contribution in [-0.4, -0.2) is 27.3 Å². The number of allylic oxidation sites excluding steroid dienone is 1. The topological polar surface area (TPSA) is 74.6 Å². The number of hydrogen-bond acceptors (Lipinski definition) is 10. The van der Waals surface area contributed by atoms with Gasteiger partial charge in [0.15, 0.2) is 11.5 Å². The Bertz CT molecular complexity index is 1840. The van der Waals surface area contributed by atoms with Gasteiger partial charge in [0.1, 0.15) is 23.2 Å². The third kappa shape index (κ3) is 5.67. The second kappa shape index (κ2) is 11.7. The van der Waals surface area contributed by atoms with Crippen molar-refractivity contribution in [3.63, 3.8) is 0 Å². The number of azo groups is 1. The van der Waals surface area contributed by atoms with Gasteiger partial charge in [-0.05, 0) is 60.2 Å². The second-order valence-corrected chi connectivity index (χ2v) is 13.2. The lowest BCUT2D eigenvalue weighted by Crippen LogP contribution is -2.16. The van der Waals surface area contributed by atoms with Gasteiger partial charge < -0.3 is 14.4 Å². The Labute approximate surface area is 253 Å². The van der Waals surface area contributed by atoms with Crippen LogP contribution >= 0.6 is 45.3 Å². The van der Waals surface area contributed by atoms with Crippen LogP contribution in [0.3, 0.4) is 0 Å². The van der Waals surface area contributed by atoms with Gasteiger partial charge >= 0.3 is 0 Å². The zero-order valence-electron chi connectivity index (χ0n) is 22.0. The summed E-state index contributed by atoms with van der Waals surface area (Å²) in [6, 6.07) is 21.9. The first-order valence-electron chi connectivity index (χ1n) is 12.4. The van der Waals surface area contributed by atoms with Crippen LogP contribution in [0.15, 0.2) is 76.6 Å². The predicted octanol–water partition coefficient (Wildman–Crippen LogP) is 9.97. The van der Waals surface area contributed by atoms with Crippen molar-refractivity contribution in [1.29, 1.82) is 5.26 Å². The molecule has 0 unspecified atom stereocenters. The Morgan fingerprint density at radius 2 is 1.44 bits per heavy atom. The van der Waals surface area contributed by atoms with E-state index in [0.29, 0.717) is 18.9 Å². The maximum absolute atomic E-state index is 8.92. The summed E-state index contributed by atoms with van der Waals surface area (Å²) in [7, 11) is 4.06. The molecule has 1 aliphatic rings. The molecule has 6 rings (SSSR count). The number of ether oxygens (including phenoxy) is 2. The number of hydrogen-bond donors (Lipinski definition) is 0. The minimum absolute atomic E-state index is 0.0473. The summed E-state index contributed by atoms with van der Waals surface area (Å²) in [5.41, 5.74) is 1.52. The molecule has 11 heteroatoms. The number of nitrogens with zero attached hydrogens (tertiary/aromatic N) is 5. The molecule has 1 aromatic carbocycles. The normalized spacial score (nSPS) is 12.8. The Kier molecular flexibility index (Phi) is 7.68. The average molecular weight is 612 g/mol. The smallest absolute Gasteiger partial charge is 0.262 e. The molecule has 4 aromatic heterocycles. The highest BCUT2D eigenvalue weighted by atomic mass is 32.1. The lowest BCUT2D eigenvalue weighted by Gasteiger charge is -2.19. The Morgan fingerprint density at radius 3 is 2.10 bits per heavy atom. The van der Waals surface area contributed by atoms with Gasteiger partial charge in [-0.1, -0.05) is 12.1 Å². The van der Waals surface area contributed by atoms with Gasteiger partial charge in [-0.3, -0.25) is 0 Å². The Balaban J connectivity index is 1.17. The van der Waals surface area contributed by atoms with Crippen molar-refractivity contribution in [3.8, 4) is 46.8 Å². The van der Waals surface area contributed by atoms with Crippen LogP contribution in [0, 0.1) is 17.9 Å². The number of nitriles is 1. The summed E-state index contributed by atoms with van der Waals surface area (Å²) in [5.74, 6) is 1.70. The predicted molar refractivity (Wildman–Crippen MR) is 170 cm³/mol. The van der Waals surface area contributed by atoms with E-state index in [0.717, 1.165) is 36.8 Å². The highest BCUT2D eigenvalue weighted by molar-refractivity contribution is 7.29. The van der Waals surface area contributed by atoms with Crippen molar-refractivity contribution in [3.05, 3.63) is 83.3 Å². The largest absolute Gasteiger partial charge is 0.484 e. The number of benzene rings is 1. The van der Waals surface area contributed by atoms with Crippen molar-refractivity contribution in [1.82, 2.24) is 0 Å². The molecule has 5 heterocycles. The minimum atomic E-state index is 0.0473. The van der Waals surface area contributed by atoms with E-state index < -0.39 is 0 Å². The van der Waals surface area contributed by atoms with Crippen LogP contribution in [-0.2, 0) is 0 Å². The maximum atomic E-state index is 8.92. The van der Waals surface area contributed by atoms with Crippen LogP contribution in [0.25, 0.3) is 40.2 Å². The molecular formula is C30H21N5O2S4. The van der Waals surface area contributed by atoms with E-state index in [9.17, 15) is 0 Å². The van der Waals surface area contributed by atoms with Crippen LogP contribution in [0.5, 0.6) is 11.5 Å². The van der Waals surface area contributed by atoms with E-state index in [1.54, 1.807) is 51.4 Å². The summed E-state index contributed by atoms with van der Waals surface area (Å²) in [6.45, 7) is 8.13. The van der Waals surface area contributed by atoms with E-state index in [-0.39, 0.29) is 5.70 Å². The Morgan fingerprint density at radius 1 is 0.829 bits per heavy atom. The number of fused-ring (bicyclic) bond motifs is 1. The standard InChI is InChI=1S/C30H21N5O2S4/c1-32-20(17-31)16-18-4-6-19(7-5-18)33-34-26-13-12-24(40-26)23-9-8-21(38-23)22-10-11-25(39-22)29-27-28(37-15-14-36-27)30(41-29)35(2)3/h4-13,16H,14-15H2,2-3H3/b20-16-,34-33?. The van der Waals surface area contributed by atoms with Crippen molar-refractivity contribution >= 4 is 67.1 Å². The number of thiophene rings is 4. The molecule has 41 heavy (non-hydrogen) atoms. The zero-order chi connectivity index (χ0) is 28.3. The van der Waals surface area contributed by atoms with Gasteiger partial charge in [-0.25, -0.2) is 10.1 Å². The molecule has 202 valence electrons. The fourth-order valence-electron chi connectivity index (χ4n) is 4.09. The third-order valence-electron chi connectivity index (χ3n) is 6.00. The van der Waals surface area contributed by atoms with E-state index in [1.807, 2.05) is 50.5 Å².